The SMILES string of the molecule is CN1CC(c2ncc(Cl)nc2Cl)C=N1. The zero-order valence-corrected chi connectivity index (χ0v) is 9.00. The minimum atomic E-state index is 0.109. The fraction of sp³-hybridized carbons (Fsp3) is 0.375. The van der Waals surface area contributed by atoms with Gasteiger partial charge in [0.1, 0.15) is 5.15 Å². The lowest BCUT2D eigenvalue weighted by Crippen LogP contribution is -2.13. The Morgan fingerprint density at radius 3 is 2.86 bits per heavy atom. The van der Waals surface area contributed by atoms with Gasteiger partial charge in [-0.15, -0.1) is 0 Å². The summed E-state index contributed by atoms with van der Waals surface area (Å²) in [6.45, 7) is 0.774. The summed E-state index contributed by atoms with van der Waals surface area (Å²) < 4.78 is 0. The normalized spacial score (nSPS) is 20.5. The van der Waals surface area contributed by atoms with Crippen molar-refractivity contribution in [2.45, 2.75) is 5.92 Å². The molecule has 2 rings (SSSR count). The van der Waals surface area contributed by atoms with E-state index in [1.807, 2.05) is 18.3 Å². The Morgan fingerprint density at radius 1 is 1.50 bits per heavy atom. The van der Waals surface area contributed by atoms with Gasteiger partial charge < -0.3 is 0 Å². The van der Waals surface area contributed by atoms with Crippen LogP contribution in [0.5, 0.6) is 0 Å². The molecule has 6 heteroatoms. The van der Waals surface area contributed by atoms with Gasteiger partial charge in [0.25, 0.3) is 0 Å². The van der Waals surface area contributed by atoms with Crippen LogP contribution in [-0.4, -0.2) is 34.8 Å². The van der Waals surface area contributed by atoms with E-state index >= 15 is 0 Å². The number of hydrogen-bond donors (Lipinski definition) is 0. The van der Waals surface area contributed by atoms with E-state index in [1.54, 1.807) is 0 Å². The Balaban J connectivity index is 2.29. The van der Waals surface area contributed by atoms with Crippen molar-refractivity contribution in [2.75, 3.05) is 13.6 Å². The summed E-state index contributed by atoms with van der Waals surface area (Å²) in [5.41, 5.74) is 0.726. The van der Waals surface area contributed by atoms with E-state index < -0.39 is 0 Å². The van der Waals surface area contributed by atoms with Gasteiger partial charge in [-0.3, -0.25) is 9.99 Å². The molecule has 4 nitrogen and oxygen atoms in total. The highest BCUT2D eigenvalue weighted by molar-refractivity contribution is 6.32. The second kappa shape index (κ2) is 3.71. The average Bonchev–Trinajstić information content (AvgIpc) is 2.51. The Morgan fingerprint density at radius 2 is 2.29 bits per heavy atom. The van der Waals surface area contributed by atoms with E-state index in [2.05, 4.69) is 15.1 Å². The van der Waals surface area contributed by atoms with Crippen LogP contribution >= 0.6 is 23.2 Å². The first-order chi connectivity index (χ1) is 6.66. The van der Waals surface area contributed by atoms with Gasteiger partial charge in [0.2, 0.25) is 0 Å². The van der Waals surface area contributed by atoms with E-state index in [-0.39, 0.29) is 5.92 Å². The van der Waals surface area contributed by atoms with E-state index in [9.17, 15) is 0 Å². The van der Waals surface area contributed by atoms with Crippen LogP contribution in [0.3, 0.4) is 0 Å². The lowest BCUT2D eigenvalue weighted by molar-refractivity contribution is 0.380. The molecule has 74 valence electrons. The predicted octanol–water partition coefficient (Wildman–Crippen LogP) is 1.80. The molecule has 1 aromatic rings. The van der Waals surface area contributed by atoms with Crippen LogP contribution in [0.15, 0.2) is 11.3 Å². The molecule has 1 unspecified atom stereocenters. The average molecular weight is 231 g/mol. The summed E-state index contributed by atoms with van der Waals surface area (Å²) >= 11 is 11.6. The Kier molecular flexibility index (Phi) is 2.56. The monoisotopic (exact) mass is 230 g/mol. The molecular formula is C8H8Cl2N4. The fourth-order valence-electron chi connectivity index (χ4n) is 1.34. The first-order valence-electron chi connectivity index (χ1n) is 4.10. The second-order valence-corrected chi connectivity index (χ2v) is 3.83. The van der Waals surface area contributed by atoms with E-state index in [1.165, 1.54) is 6.20 Å². The van der Waals surface area contributed by atoms with Crippen molar-refractivity contribution in [2.24, 2.45) is 5.10 Å². The lowest BCUT2D eigenvalue weighted by atomic mass is 10.1. The first kappa shape index (κ1) is 9.68. The van der Waals surface area contributed by atoms with Gasteiger partial charge in [0.05, 0.1) is 17.8 Å². The number of hydrogen-bond acceptors (Lipinski definition) is 4. The molecule has 0 amide bonds. The van der Waals surface area contributed by atoms with Crippen molar-refractivity contribution in [3.63, 3.8) is 0 Å². The molecule has 0 fully saturated rings. The highest BCUT2D eigenvalue weighted by Crippen LogP contribution is 2.24. The summed E-state index contributed by atoms with van der Waals surface area (Å²) in [7, 11) is 1.90. The molecular weight excluding hydrogens is 223 g/mol. The molecule has 0 saturated carbocycles. The Labute approximate surface area is 91.6 Å². The van der Waals surface area contributed by atoms with Crippen molar-refractivity contribution >= 4 is 29.4 Å². The van der Waals surface area contributed by atoms with Gasteiger partial charge in [-0.1, -0.05) is 23.2 Å². The molecule has 14 heavy (non-hydrogen) atoms. The lowest BCUT2D eigenvalue weighted by Gasteiger charge is -2.10. The molecule has 0 N–H and O–H groups in total. The summed E-state index contributed by atoms with van der Waals surface area (Å²) in [5.74, 6) is 0.109. The third-order valence-corrected chi connectivity index (χ3v) is 2.44. The van der Waals surface area contributed by atoms with E-state index in [0.717, 1.165) is 12.2 Å². The first-order valence-corrected chi connectivity index (χ1v) is 4.85. The van der Waals surface area contributed by atoms with Gasteiger partial charge in [-0.25, -0.2) is 4.98 Å². The van der Waals surface area contributed by atoms with Gasteiger partial charge in [0.15, 0.2) is 5.15 Å². The fourth-order valence-corrected chi connectivity index (χ4v) is 1.79. The Hall–Kier alpha value is -0.870. The number of aromatic nitrogens is 2. The smallest absolute Gasteiger partial charge is 0.153 e. The van der Waals surface area contributed by atoms with Crippen molar-refractivity contribution in [3.8, 4) is 0 Å². The third-order valence-electron chi connectivity index (χ3n) is 1.98. The number of rotatable bonds is 1. The van der Waals surface area contributed by atoms with Gasteiger partial charge in [-0.05, 0) is 0 Å². The van der Waals surface area contributed by atoms with Crippen LogP contribution in [0.4, 0.5) is 0 Å². The highest BCUT2D eigenvalue weighted by Gasteiger charge is 2.21. The van der Waals surface area contributed by atoms with Crippen molar-refractivity contribution in [1.29, 1.82) is 0 Å². The summed E-state index contributed by atoms with van der Waals surface area (Å²) in [5, 5.41) is 6.60. The second-order valence-electron chi connectivity index (χ2n) is 3.08. The van der Waals surface area contributed by atoms with E-state index in [0.29, 0.717) is 10.3 Å². The minimum Gasteiger partial charge on any atom is -0.299 e. The van der Waals surface area contributed by atoms with Gasteiger partial charge in [-0.2, -0.15) is 5.10 Å². The van der Waals surface area contributed by atoms with Crippen molar-refractivity contribution < 1.29 is 0 Å². The van der Waals surface area contributed by atoms with E-state index in [4.69, 9.17) is 23.2 Å². The van der Waals surface area contributed by atoms with Crippen LogP contribution in [-0.2, 0) is 0 Å². The molecule has 1 atom stereocenters. The number of halogens is 2. The van der Waals surface area contributed by atoms with Crippen molar-refractivity contribution in [3.05, 3.63) is 22.2 Å². The quantitative estimate of drug-likeness (QED) is 0.739. The molecule has 0 saturated heterocycles. The molecule has 0 spiro atoms. The minimum absolute atomic E-state index is 0.109. The molecule has 1 aliphatic rings. The maximum absolute atomic E-state index is 5.92. The maximum Gasteiger partial charge on any atom is 0.153 e. The molecule has 2 heterocycles. The molecule has 1 aliphatic heterocycles. The number of likely N-dealkylation sites (N-methyl/N-ethyl adjacent to an activating group) is 1. The van der Waals surface area contributed by atoms with Crippen LogP contribution in [0.1, 0.15) is 11.6 Å². The third kappa shape index (κ3) is 1.81. The topological polar surface area (TPSA) is 41.4 Å². The molecule has 0 aromatic carbocycles. The van der Waals surface area contributed by atoms with Crippen LogP contribution in [0.25, 0.3) is 0 Å². The largest absolute Gasteiger partial charge is 0.299 e. The highest BCUT2D eigenvalue weighted by atomic mass is 35.5. The zero-order chi connectivity index (χ0) is 10.1. The zero-order valence-electron chi connectivity index (χ0n) is 7.48. The summed E-state index contributed by atoms with van der Waals surface area (Å²) in [4.78, 5) is 8.08. The van der Waals surface area contributed by atoms with Gasteiger partial charge >= 0.3 is 0 Å². The maximum atomic E-state index is 5.92. The molecule has 0 radical (unpaired) electrons. The summed E-state index contributed by atoms with van der Waals surface area (Å²) in [6, 6.07) is 0. The van der Waals surface area contributed by atoms with Crippen LogP contribution < -0.4 is 0 Å². The standard InChI is InChI=1S/C8H8Cl2N4/c1-14-4-5(2-12-14)7-8(10)13-6(9)3-11-7/h2-3,5H,4H2,1H3. The molecule has 0 bridgehead atoms. The number of nitrogens with zero attached hydrogens (tertiary/aromatic N) is 4. The molecule has 1 aromatic heterocycles. The number of hydrazone groups is 1. The van der Waals surface area contributed by atoms with Crippen LogP contribution in [0.2, 0.25) is 10.3 Å². The summed E-state index contributed by atoms with van der Waals surface area (Å²) in [6.07, 6.45) is 3.30. The predicted molar refractivity (Wildman–Crippen MR) is 55.9 cm³/mol. The van der Waals surface area contributed by atoms with Crippen LogP contribution in [0, 0.1) is 0 Å². The Bertz CT molecular complexity index is 380. The van der Waals surface area contributed by atoms with Gasteiger partial charge in [0, 0.05) is 19.8 Å². The van der Waals surface area contributed by atoms with Crippen molar-refractivity contribution in [1.82, 2.24) is 15.0 Å². The molecule has 0 aliphatic carbocycles.